The van der Waals surface area contributed by atoms with E-state index in [9.17, 15) is 0 Å². The van der Waals surface area contributed by atoms with Crippen molar-refractivity contribution in [2.45, 2.75) is 30.5 Å². The van der Waals surface area contributed by atoms with Crippen LogP contribution in [0.1, 0.15) is 18.1 Å². The molecule has 0 radical (unpaired) electrons. The molecule has 0 amide bonds. The van der Waals surface area contributed by atoms with Crippen molar-refractivity contribution in [2.24, 2.45) is 0 Å². The minimum atomic E-state index is -0.174. The van der Waals surface area contributed by atoms with Crippen LogP contribution in [-0.4, -0.2) is 16.9 Å². The summed E-state index contributed by atoms with van der Waals surface area (Å²) >= 11 is 14.3. The smallest absolute Gasteiger partial charge is 0.243 e. The maximum absolute atomic E-state index is 6.40. The monoisotopic (exact) mass is 482 g/mol. The van der Waals surface area contributed by atoms with Crippen LogP contribution in [0, 0.1) is 0 Å². The predicted octanol–water partition coefficient (Wildman–Crippen LogP) is 3.21. The van der Waals surface area contributed by atoms with Gasteiger partial charge in [0.15, 0.2) is 0 Å². The van der Waals surface area contributed by atoms with Gasteiger partial charge in [0.2, 0.25) is 6.33 Å². The van der Waals surface area contributed by atoms with Gasteiger partial charge < -0.3 is 17.1 Å². The first-order chi connectivity index (χ1) is 14.2. The molecule has 30 heavy (non-hydrogen) atoms. The normalized spacial score (nSPS) is 11.7. The first-order valence-corrected chi connectivity index (χ1v) is 11.3. The Morgan fingerprint density at radius 2 is 1.97 bits per heavy atom. The molecule has 1 unspecified atom stereocenters. The summed E-state index contributed by atoms with van der Waals surface area (Å²) in [6.45, 7) is 5.85. The number of aryl methyl sites for hydroxylation is 1. The molecule has 0 spiro atoms. The lowest BCUT2D eigenvalue weighted by molar-refractivity contribution is -0.704. The van der Waals surface area contributed by atoms with E-state index >= 15 is 0 Å². The lowest BCUT2D eigenvalue weighted by Crippen LogP contribution is -3.00. The molecule has 1 atom stereocenters. The van der Waals surface area contributed by atoms with Crippen molar-refractivity contribution in [3.8, 4) is 0 Å². The summed E-state index contributed by atoms with van der Waals surface area (Å²) in [5.41, 5.74) is 0.928. The first-order valence-electron chi connectivity index (χ1n) is 9.56. The Balaban J connectivity index is 0.00000320. The number of nitrogens with zero attached hydrogens (tertiary/aromatic N) is 2. The van der Waals surface area contributed by atoms with E-state index in [1.54, 1.807) is 12.1 Å². The molecular formula is C23H25Cl3N2OS. The Kier molecular flexibility index (Phi) is 10.8. The number of aromatic nitrogens is 2. The van der Waals surface area contributed by atoms with Gasteiger partial charge in [0, 0.05) is 26.3 Å². The zero-order valence-corrected chi connectivity index (χ0v) is 19.7. The average Bonchev–Trinajstić information content (AvgIpc) is 3.17. The number of benzene rings is 2. The molecule has 160 valence electrons. The largest absolute Gasteiger partial charge is 1.00 e. The van der Waals surface area contributed by atoms with Gasteiger partial charge in [-0.25, -0.2) is 9.13 Å². The minimum Gasteiger partial charge on any atom is -1.00 e. The molecule has 2 aromatic carbocycles. The van der Waals surface area contributed by atoms with E-state index in [1.165, 1.54) is 4.90 Å². The molecule has 0 N–H and O–H groups in total. The van der Waals surface area contributed by atoms with E-state index in [4.69, 9.17) is 27.9 Å². The summed E-state index contributed by atoms with van der Waals surface area (Å²) in [6.07, 6.45) is 8.96. The van der Waals surface area contributed by atoms with Gasteiger partial charge >= 0.3 is 0 Å². The lowest BCUT2D eigenvalue weighted by atomic mass is 10.1. The van der Waals surface area contributed by atoms with Crippen LogP contribution in [0.3, 0.4) is 0 Å². The van der Waals surface area contributed by atoms with Gasteiger partial charge in [-0.2, -0.15) is 0 Å². The number of ether oxygens (including phenoxy) is 1. The molecule has 0 fully saturated rings. The van der Waals surface area contributed by atoms with Crippen molar-refractivity contribution in [2.75, 3.05) is 12.4 Å². The molecule has 3 nitrogen and oxygen atoms in total. The summed E-state index contributed by atoms with van der Waals surface area (Å²) in [7, 11) is 0. The Morgan fingerprint density at radius 3 is 2.70 bits per heavy atom. The zero-order chi connectivity index (χ0) is 20.5. The van der Waals surface area contributed by atoms with E-state index in [0.29, 0.717) is 23.2 Å². The third-order valence-corrected chi connectivity index (χ3v) is 6.08. The molecule has 0 saturated carbocycles. The molecule has 0 bridgehead atoms. The number of halogens is 3. The van der Waals surface area contributed by atoms with Gasteiger partial charge in [-0.15, -0.1) is 18.3 Å². The van der Waals surface area contributed by atoms with Gasteiger partial charge in [-0.3, -0.25) is 0 Å². The van der Waals surface area contributed by atoms with Gasteiger partial charge in [0.1, 0.15) is 25.0 Å². The Morgan fingerprint density at radius 1 is 1.17 bits per heavy atom. The lowest BCUT2D eigenvalue weighted by Gasteiger charge is -2.17. The molecule has 0 saturated heterocycles. The van der Waals surface area contributed by atoms with Gasteiger partial charge in [0.05, 0.1) is 13.2 Å². The van der Waals surface area contributed by atoms with Crippen LogP contribution < -0.4 is 17.0 Å². The number of thioether (sulfide) groups is 1. The van der Waals surface area contributed by atoms with Crippen LogP contribution in [0.2, 0.25) is 10.0 Å². The van der Waals surface area contributed by atoms with E-state index in [2.05, 4.69) is 58.7 Å². The summed E-state index contributed by atoms with van der Waals surface area (Å²) in [6, 6.07) is 16.0. The average molecular weight is 484 g/mol. The fraction of sp³-hybridized carbons (Fsp3) is 0.261. The van der Waals surface area contributed by atoms with E-state index < -0.39 is 0 Å². The predicted molar refractivity (Wildman–Crippen MR) is 122 cm³/mol. The molecule has 7 heteroatoms. The fourth-order valence-corrected chi connectivity index (χ4v) is 4.40. The molecule has 3 rings (SSSR count). The number of hydrogen-bond donors (Lipinski definition) is 0. The molecule has 3 aromatic rings. The quantitative estimate of drug-likeness (QED) is 0.180. The van der Waals surface area contributed by atoms with Crippen LogP contribution in [0.4, 0.5) is 0 Å². The summed E-state index contributed by atoms with van der Waals surface area (Å²) in [4.78, 5) is 1.32. The summed E-state index contributed by atoms with van der Waals surface area (Å²) in [5, 5.41) is 1.23. The Labute approximate surface area is 199 Å². The van der Waals surface area contributed by atoms with Gasteiger partial charge in [-0.1, -0.05) is 53.5 Å². The van der Waals surface area contributed by atoms with Crippen LogP contribution in [0.15, 0.2) is 84.8 Å². The second kappa shape index (κ2) is 13.1. The van der Waals surface area contributed by atoms with Crippen molar-refractivity contribution >= 4 is 35.0 Å². The maximum atomic E-state index is 6.40. The number of imidazole rings is 1. The van der Waals surface area contributed by atoms with Crippen molar-refractivity contribution in [1.82, 2.24) is 4.57 Å². The first kappa shape index (κ1) is 24.8. The van der Waals surface area contributed by atoms with E-state index in [0.717, 1.165) is 24.3 Å². The summed E-state index contributed by atoms with van der Waals surface area (Å²) in [5.74, 6) is 1.09. The Bertz CT molecular complexity index is 918. The topological polar surface area (TPSA) is 18.0 Å². The van der Waals surface area contributed by atoms with Crippen LogP contribution in [-0.2, 0) is 17.8 Å². The molecule has 1 heterocycles. The van der Waals surface area contributed by atoms with E-state index in [1.807, 2.05) is 30.0 Å². The second-order valence-electron chi connectivity index (χ2n) is 6.64. The highest BCUT2D eigenvalue weighted by Gasteiger charge is 2.19. The summed E-state index contributed by atoms with van der Waals surface area (Å²) < 4.78 is 10.3. The van der Waals surface area contributed by atoms with Crippen molar-refractivity contribution in [1.29, 1.82) is 0 Å². The van der Waals surface area contributed by atoms with E-state index in [-0.39, 0.29) is 18.5 Å². The molecule has 0 aliphatic carbocycles. The van der Waals surface area contributed by atoms with Gasteiger partial charge in [-0.05, 0) is 30.7 Å². The SMILES string of the molecule is C=CCOC(C[n+]1ccn(CCCSc2ccccc2)c1)c1ccc(Cl)cc1Cl.[Cl-]. The maximum Gasteiger partial charge on any atom is 0.243 e. The van der Waals surface area contributed by atoms with Gasteiger partial charge in [0.25, 0.3) is 0 Å². The minimum absolute atomic E-state index is 0. The highest BCUT2D eigenvalue weighted by atomic mass is 35.5. The third-order valence-electron chi connectivity index (χ3n) is 4.42. The standard InChI is InChI=1S/C23H25Cl2N2OS.ClH/c1-2-14-28-23(21-10-9-19(24)16-22(21)25)17-27-13-12-26(18-27)11-6-15-29-20-7-4-3-5-8-20;/h2-5,7-10,12-13,16,18,23H,1,6,11,14-15,17H2;1H/q+1;/p-1. The highest BCUT2D eigenvalue weighted by Crippen LogP contribution is 2.28. The van der Waals surface area contributed by atoms with Crippen molar-refractivity contribution in [3.05, 3.63) is 95.5 Å². The van der Waals surface area contributed by atoms with Crippen LogP contribution in [0.5, 0.6) is 0 Å². The highest BCUT2D eigenvalue weighted by molar-refractivity contribution is 7.99. The third kappa shape index (κ3) is 7.68. The van der Waals surface area contributed by atoms with Crippen molar-refractivity contribution in [3.63, 3.8) is 0 Å². The molecular weight excluding hydrogens is 459 g/mol. The number of hydrogen-bond acceptors (Lipinski definition) is 2. The van der Waals surface area contributed by atoms with Crippen LogP contribution >= 0.6 is 35.0 Å². The second-order valence-corrected chi connectivity index (χ2v) is 8.65. The Hall–Kier alpha value is -1.43. The molecule has 0 aliphatic rings. The number of rotatable bonds is 11. The zero-order valence-electron chi connectivity index (χ0n) is 16.6. The van der Waals surface area contributed by atoms with Crippen LogP contribution in [0.25, 0.3) is 0 Å². The molecule has 0 aliphatic heterocycles. The molecule has 1 aromatic heterocycles. The fourth-order valence-electron chi connectivity index (χ4n) is 3.01. The van der Waals surface area contributed by atoms with Crippen molar-refractivity contribution < 1.29 is 21.7 Å².